The molecule has 11 nitrogen and oxygen atoms in total. The molecule has 0 N–H and O–H groups in total. The Morgan fingerprint density at radius 1 is 0.675 bits per heavy atom. The Morgan fingerprint density at radius 3 is 1.77 bits per heavy atom. The van der Waals surface area contributed by atoms with Crippen molar-refractivity contribution in [1.82, 2.24) is 0 Å². The van der Waals surface area contributed by atoms with Crippen LogP contribution < -0.4 is 37.5 Å². The summed E-state index contributed by atoms with van der Waals surface area (Å²) in [7, 11) is 4.34. The number of ether oxygens (including phenoxy) is 6. The van der Waals surface area contributed by atoms with Gasteiger partial charge in [-0.15, -0.1) is 0 Å². The summed E-state index contributed by atoms with van der Waals surface area (Å²) in [6, 6.07) is 11.5. The lowest BCUT2D eigenvalue weighted by molar-refractivity contribution is -0.119. The predicted octanol–water partition coefficient (Wildman–Crippen LogP) is 4.15. The third kappa shape index (κ3) is 4.93. The van der Waals surface area contributed by atoms with E-state index in [1.807, 2.05) is 0 Å². The molecule has 1 saturated heterocycles. The topological polar surface area (TPSA) is 119 Å². The van der Waals surface area contributed by atoms with E-state index in [0.717, 1.165) is 0 Å². The van der Waals surface area contributed by atoms with Gasteiger partial charge in [0.05, 0.1) is 54.4 Å². The van der Waals surface area contributed by atoms with Crippen molar-refractivity contribution >= 4 is 21.7 Å². The monoisotopic (exact) mass is 571 g/mol. The zero-order valence-corrected chi connectivity index (χ0v) is 23.7. The van der Waals surface area contributed by atoms with Gasteiger partial charge in [0.25, 0.3) is 5.91 Å². The van der Waals surface area contributed by atoms with Crippen LogP contribution >= 0.6 is 0 Å². The molecule has 3 aromatic carbocycles. The van der Waals surface area contributed by atoms with E-state index in [1.165, 1.54) is 71.8 Å². The Hall–Kier alpha value is -4.58. The van der Waals surface area contributed by atoms with Crippen molar-refractivity contribution < 1.29 is 45.8 Å². The molecule has 1 aliphatic heterocycles. The molecule has 1 heterocycles. The first-order chi connectivity index (χ1) is 19.1. The fourth-order valence-corrected chi connectivity index (χ4v) is 5.32. The highest BCUT2D eigenvalue weighted by Crippen LogP contribution is 2.49. The second kappa shape index (κ2) is 11.3. The van der Waals surface area contributed by atoms with Gasteiger partial charge in [0.15, 0.2) is 34.5 Å². The van der Waals surface area contributed by atoms with Gasteiger partial charge in [-0.1, -0.05) is 12.6 Å². The van der Waals surface area contributed by atoms with Crippen LogP contribution in [0.2, 0.25) is 0 Å². The third-order valence-electron chi connectivity index (χ3n) is 6.36. The molecule has 212 valence electrons. The molecule has 0 saturated carbocycles. The zero-order chi connectivity index (χ0) is 29.2. The Balaban J connectivity index is 1.73. The van der Waals surface area contributed by atoms with Crippen molar-refractivity contribution in [2.75, 3.05) is 47.6 Å². The van der Waals surface area contributed by atoms with Gasteiger partial charge in [-0.3, -0.25) is 9.69 Å². The van der Waals surface area contributed by atoms with Crippen LogP contribution in [0.3, 0.4) is 0 Å². The standard InChI is InChI=1S/C28H29NO10S/c1-16-26(29(28(16)30)18-13-24(36-5)27(38-7)25(14-18)37-6)17-8-10-21(34-3)23(12-17)39-40(31,32)19-9-11-20(33-2)22(15-19)35-4/h8-15,26H,1H2,2-7H3/t26-/m1/s1. The predicted molar refractivity (Wildman–Crippen MR) is 146 cm³/mol. The minimum Gasteiger partial charge on any atom is -0.493 e. The fourth-order valence-electron chi connectivity index (χ4n) is 4.37. The molecule has 3 aromatic rings. The molecule has 0 bridgehead atoms. The molecule has 0 aromatic heterocycles. The summed E-state index contributed by atoms with van der Waals surface area (Å²) in [6.45, 7) is 3.93. The van der Waals surface area contributed by atoms with Crippen LogP contribution in [-0.4, -0.2) is 57.0 Å². The van der Waals surface area contributed by atoms with E-state index in [2.05, 4.69) is 6.58 Å². The molecule has 0 spiro atoms. The van der Waals surface area contributed by atoms with Gasteiger partial charge in [0.1, 0.15) is 4.90 Å². The Morgan fingerprint density at radius 2 is 1.23 bits per heavy atom. The van der Waals surface area contributed by atoms with Crippen molar-refractivity contribution in [1.29, 1.82) is 0 Å². The Kier molecular flexibility index (Phi) is 8.01. The van der Waals surface area contributed by atoms with Crippen molar-refractivity contribution in [3.8, 4) is 40.2 Å². The van der Waals surface area contributed by atoms with Gasteiger partial charge in [-0.2, -0.15) is 8.42 Å². The smallest absolute Gasteiger partial charge is 0.339 e. The van der Waals surface area contributed by atoms with Crippen LogP contribution in [-0.2, 0) is 14.9 Å². The third-order valence-corrected chi connectivity index (χ3v) is 7.59. The summed E-state index contributed by atoms with van der Waals surface area (Å²) in [5.41, 5.74) is 1.30. The van der Waals surface area contributed by atoms with Crippen LogP contribution in [0.25, 0.3) is 0 Å². The van der Waals surface area contributed by atoms with Gasteiger partial charge in [-0.05, 0) is 29.8 Å². The van der Waals surface area contributed by atoms with Crippen molar-refractivity contribution in [3.63, 3.8) is 0 Å². The van der Waals surface area contributed by atoms with Gasteiger partial charge in [0, 0.05) is 23.8 Å². The number of methoxy groups -OCH3 is 6. The average molecular weight is 572 g/mol. The second-order valence-corrected chi connectivity index (χ2v) is 10.00. The van der Waals surface area contributed by atoms with Crippen molar-refractivity contribution in [2.24, 2.45) is 0 Å². The number of anilines is 1. The average Bonchev–Trinajstić information content (AvgIpc) is 2.97. The minimum absolute atomic E-state index is 0.0771. The highest BCUT2D eigenvalue weighted by molar-refractivity contribution is 7.87. The summed E-state index contributed by atoms with van der Waals surface area (Å²) < 4.78 is 63.9. The maximum Gasteiger partial charge on any atom is 0.339 e. The number of carbonyl (C=O) groups excluding carboxylic acids is 1. The van der Waals surface area contributed by atoms with Crippen LogP contribution in [0.15, 0.2) is 65.6 Å². The lowest BCUT2D eigenvalue weighted by Gasteiger charge is -2.42. The molecular formula is C28H29NO10S. The summed E-state index contributed by atoms with van der Waals surface area (Å²) in [5, 5.41) is 0. The van der Waals surface area contributed by atoms with Crippen LogP contribution in [0, 0.1) is 0 Å². The second-order valence-electron chi connectivity index (χ2n) is 8.45. The number of amides is 1. The Bertz CT molecular complexity index is 1540. The van der Waals surface area contributed by atoms with E-state index in [-0.39, 0.29) is 28.1 Å². The van der Waals surface area contributed by atoms with E-state index >= 15 is 0 Å². The first kappa shape index (κ1) is 28.4. The molecule has 40 heavy (non-hydrogen) atoms. The number of rotatable bonds is 11. The van der Waals surface area contributed by atoms with E-state index in [4.69, 9.17) is 32.6 Å². The van der Waals surface area contributed by atoms with Gasteiger partial charge in [0.2, 0.25) is 5.75 Å². The normalized spacial score (nSPS) is 14.8. The van der Waals surface area contributed by atoms with E-state index in [9.17, 15) is 13.2 Å². The molecular weight excluding hydrogens is 542 g/mol. The highest BCUT2D eigenvalue weighted by Gasteiger charge is 2.43. The quantitative estimate of drug-likeness (QED) is 0.189. The van der Waals surface area contributed by atoms with Gasteiger partial charge < -0.3 is 32.6 Å². The van der Waals surface area contributed by atoms with Gasteiger partial charge in [-0.25, -0.2) is 0 Å². The minimum atomic E-state index is -4.32. The molecule has 1 amide bonds. The van der Waals surface area contributed by atoms with E-state index < -0.39 is 16.2 Å². The fraction of sp³-hybridized carbons (Fsp3) is 0.250. The molecule has 0 aliphatic carbocycles. The highest BCUT2D eigenvalue weighted by atomic mass is 32.2. The number of benzene rings is 3. The number of hydrogen-bond acceptors (Lipinski definition) is 10. The zero-order valence-electron chi connectivity index (χ0n) is 22.8. The SMILES string of the molecule is C=C1C(=O)N(c2cc(OC)c(OC)c(OC)c2)[C@H]1c1ccc(OC)c(OS(=O)(=O)c2ccc(OC)c(OC)c2)c1. The van der Waals surface area contributed by atoms with E-state index in [1.54, 1.807) is 24.3 Å². The molecule has 0 unspecified atom stereocenters. The first-order valence-electron chi connectivity index (χ1n) is 11.8. The van der Waals surface area contributed by atoms with Crippen LogP contribution in [0.4, 0.5) is 5.69 Å². The first-order valence-corrected chi connectivity index (χ1v) is 13.2. The van der Waals surface area contributed by atoms with Crippen molar-refractivity contribution in [2.45, 2.75) is 10.9 Å². The Labute approximate surface area is 232 Å². The van der Waals surface area contributed by atoms with Gasteiger partial charge >= 0.3 is 10.1 Å². The summed E-state index contributed by atoms with van der Waals surface area (Å²) >= 11 is 0. The lowest BCUT2D eigenvalue weighted by Crippen LogP contribution is -2.48. The largest absolute Gasteiger partial charge is 0.493 e. The molecule has 0 radical (unpaired) electrons. The summed E-state index contributed by atoms with van der Waals surface area (Å²) in [4.78, 5) is 14.3. The maximum absolute atomic E-state index is 13.2. The molecule has 1 atom stereocenters. The molecule has 1 aliphatic rings. The number of hydrogen-bond donors (Lipinski definition) is 0. The molecule has 12 heteroatoms. The van der Waals surface area contributed by atoms with E-state index in [0.29, 0.717) is 39.8 Å². The summed E-state index contributed by atoms with van der Waals surface area (Å²) in [5.74, 6) is 1.45. The number of nitrogens with zero attached hydrogens (tertiary/aromatic N) is 1. The molecule has 1 fully saturated rings. The number of β-lactam (4-membered cyclic amide) rings is 1. The summed E-state index contributed by atoms with van der Waals surface area (Å²) in [6.07, 6.45) is 0. The molecule has 4 rings (SSSR count). The maximum atomic E-state index is 13.2. The van der Waals surface area contributed by atoms with Crippen LogP contribution in [0.1, 0.15) is 11.6 Å². The van der Waals surface area contributed by atoms with Crippen molar-refractivity contribution in [3.05, 3.63) is 66.2 Å². The number of carbonyl (C=O) groups is 1. The van der Waals surface area contributed by atoms with Crippen LogP contribution in [0.5, 0.6) is 40.2 Å². The lowest BCUT2D eigenvalue weighted by atomic mass is 9.88.